The van der Waals surface area contributed by atoms with Gasteiger partial charge < -0.3 is 9.15 Å². The van der Waals surface area contributed by atoms with Crippen LogP contribution in [0.5, 0.6) is 0 Å². The zero-order valence-corrected chi connectivity index (χ0v) is 11.0. The Labute approximate surface area is 116 Å². The highest BCUT2D eigenvalue weighted by Gasteiger charge is 2.12. The quantitative estimate of drug-likeness (QED) is 0.679. The van der Waals surface area contributed by atoms with Crippen molar-refractivity contribution in [1.82, 2.24) is 4.98 Å². The third-order valence-electron chi connectivity index (χ3n) is 2.92. The highest BCUT2D eigenvalue weighted by Crippen LogP contribution is 2.24. The third-order valence-corrected chi connectivity index (χ3v) is 2.92. The number of rotatable bonds is 3. The van der Waals surface area contributed by atoms with Crippen molar-refractivity contribution in [3.8, 4) is 11.5 Å². The van der Waals surface area contributed by atoms with Crippen LogP contribution in [0.1, 0.15) is 17.3 Å². The van der Waals surface area contributed by atoms with Crippen LogP contribution in [-0.2, 0) is 4.74 Å². The molecule has 20 heavy (non-hydrogen) atoms. The molecule has 1 aromatic heterocycles. The van der Waals surface area contributed by atoms with Crippen molar-refractivity contribution in [3.05, 3.63) is 54.1 Å². The Bertz CT molecular complexity index is 747. The summed E-state index contributed by atoms with van der Waals surface area (Å²) in [5, 5.41) is 0. The van der Waals surface area contributed by atoms with Crippen LogP contribution < -0.4 is 0 Å². The van der Waals surface area contributed by atoms with E-state index in [1.165, 1.54) is 0 Å². The molecule has 0 unspecified atom stereocenters. The Balaban J connectivity index is 2.02. The smallest absolute Gasteiger partial charge is 0.338 e. The molecule has 0 spiro atoms. The SMILES string of the molecule is CCOC(=O)c1ccc2oc(-c3ccccc3)nc2c1. The molecule has 0 N–H and O–H groups in total. The van der Waals surface area contributed by atoms with E-state index in [0.29, 0.717) is 29.2 Å². The Morgan fingerprint density at radius 1 is 1.20 bits per heavy atom. The van der Waals surface area contributed by atoms with Crippen LogP contribution in [0.4, 0.5) is 0 Å². The molecular weight excluding hydrogens is 254 g/mol. The largest absolute Gasteiger partial charge is 0.462 e. The molecule has 0 aliphatic rings. The molecule has 0 radical (unpaired) electrons. The number of oxazole rings is 1. The van der Waals surface area contributed by atoms with E-state index in [-0.39, 0.29) is 5.97 Å². The second kappa shape index (κ2) is 5.17. The van der Waals surface area contributed by atoms with Gasteiger partial charge in [-0.15, -0.1) is 0 Å². The van der Waals surface area contributed by atoms with Crippen LogP contribution in [0, 0.1) is 0 Å². The van der Waals surface area contributed by atoms with Gasteiger partial charge >= 0.3 is 5.97 Å². The number of esters is 1. The van der Waals surface area contributed by atoms with E-state index in [1.807, 2.05) is 30.3 Å². The standard InChI is InChI=1S/C16H13NO3/c1-2-19-16(18)12-8-9-14-13(10-12)17-15(20-14)11-6-4-3-5-7-11/h3-10H,2H2,1H3. The van der Waals surface area contributed by atoms with Crippen molar-refractivity contribution >= 4 is 17.1 Å². The monoisotopic (exact) mass is 267 g/mol. The van der Waals surface area contributed by atoms with Gasteiger partial charge in [-0.25, -0.2) is 9.78 Å². The molecule has 1 heterocycles. The van der Waals surface area contributed by atoms with Gasteiger partial charge in [0, 0.05) is 5.56 Å². The number of fused-ring (bicyclic) bond motifs is 1. The fraction of sp³-hybridized carbons (Fsp3) is 0.125. The minimum Gasteiger partial charge on any atom is -0.462 e. The number of hydrogen-bond acceptors (Lipinski definition) is 4. The maximum absolute atomic E-state index is 11.7. The van der Waals surface area contributed by atoms with E-state index in [4.69, 9.17) is 9.15 Å². The number of hydrogen-bond donors (Lipinski definition) is 0. The predicted octanol–water partition coefficient (Wildman–Crippen LogP) is 3.67. The van der Waals surface area contributed by atoms with Crippen LogP contribution >= 0.6 is 0 Å². The normalized spacial score (nSPS) is 10.7. The number of aromatic nitrogens is 1. The Morgan fingerprint density at radius 3 is 2.75 bits per heavy atom. The lowest BCUT2D eigenvalue weighted by molar-refractivity contribution is 0.0526. The van der Waals surface area contributed by atoms with E-state index >= 15 is 0 Å². The molecule has 4 nitrogen and oxygen atoms in total. The first kappa shape index (κ1) is 12.4. The zero-order valence-electron chi connectivity index (χ0n) is 11.0. The molecule has 0 atom stereocenters. The Morgan fingerprint density at radius 2 is 2.00 bits per heavy atom. The third kappa shape index (κ3) is 2.28. The van der Waals surface area contributed by atoms with Gasteiger partial charge in [0.1, 0.15) is 5.52 Å². The van der Waals surface area contributed by atoms with Gasteiger partial charge in [0.15, 0.2) is 5.58 Å². The highest BCUT2D eigenvalue weighted by atomic mass is 16.5. The summed E-state index contributed by atoms with van der Waals surface area (Å²) in [4.78, 5) is 16.1. The lowest BCUT2D eigenvalue weighted by atomic mass is 10.2. The van der Waals surface area contributed by atoms with Crippen LogP contribution in [0.3, 0.4) is 0 Å². The second-order valence-corrected chi connectivity index (χ2v) is 4.29. The van der Waals surface area contributed by atoms with Gasteiger partial charge in [-0.2, -0.15) is 0 Å². The van der Waals surface area contributed by atoms with E-state index in [0.717, 1.165) is 5.56 Å². The first-order chi connectivity index (χ1) is 9.78. The second-order valence-electron chi connectivity index (χ2n) is 4.29. The number of carbonyl (C=O) groups is 1. The molecule has 0 aliphatic carbocycles. The van der Waals surface area contributed by atoms with E-state index in [9.17, 15) is 4.79 Å². The van der Waals surface area contributed by atoms with Gasteiger partial charge in [0.2, 0.25) is 5.89 Å². The summed E-state index contributed by atoms with van der Waals surface area (Å²) in [6.07, 6.45) is 0. The molecule has 0 saturated carbocycles. The van der Waals surface area contributed by atoms with Crippen LogP contribution in [0.15, 0.2) is 52.9 Å². The van der Waals surface area contributed by atoms with Crippen LogP contribution in [-0.4, -0.2) is 17.6 Å². The van der Waals surface area contributed by atoms with Gasteiger partial charge in [-0.05, 0) is 37.3 Å². The molecule has 4 heteroatoms. The summed E-state index contributed by atoms with van der Waals surface area (Å²) in [6.45, 7) is 2.13. The number of carbonyl (C=O) groups excluding carboxylic acids is 1. The molecule has 0 amide bonds. The number of ether oxygens (including phenoxy) is 1. The fourth-order valence-corrected chi connectivity index (χ4v) is 1.97. The number of benzene rings is 2. The highest BCUT2D eigenvalue weighted by molar-refractivity contribution is 5.93. The van der Waals surface area contributed by atoms with Crippen LogP contribution in [0.25, 0.3) is 22.6 Å². The molecule has 3 rings (SSSR count). The van der Waals surface area contributed by atoms with E-state index in [2.05, 4.69) is 4.98 Å². The van der Waals surface area contributed by atoms with Crippen molar-refractivity contribution in [2.75, 3.05) is 6.61 Å². The first-order valence-corrected chi connectivity index (χ1v) is 6.41. The predicted molar refractivity (Wildman–Crippen MR) is 75.4 cm³/mol. The zero-order chi connectivity index (χ0) is 13.9. The lowest BCUT2D eigenvalue weighted by Crippen LogP contribution is -2.03. The van der Waals surface area contributed by atoms with Crippen molar-refractivity contribution in [3.63, 3.8) is 0 Å². The molecule has 0 fully saturated rings. The molecule has 0 saturated heterocycles. The van der Waals surface area contributed by atoms with Crippen LogP contribution in [0.2, 0.25) is 0 Å². The summed E-state index contributed by atoms with van der Waals surface area (Å²) in [5.41, 5.74) is 2.68. The summed E-state index contributed by atoms with van der Waals surface area (Å²) >= 11 is 0. The Kier molecular flexibility index (Phi) is 3.21. The molecule has 0 bridgehead atoms. The maximum atomic E-state index is 11.7. The van der Waals surface area contributed by atoms with Crippen molar-refractivity contribution < 1.29 is 13.9 Å². The average Bonchev–Trinajstić information content (AvgIpc) is 2.91. The molecule has 3 aromatic rings. The fourth-order valence-electron chi connectivity index (χ4n) is 1.97. The minimum atomic E-state index is -0.348. The van der Waals surface area contributed by atoms with Gasteiger partial charge in [0.25, 0.3) is 0 Å². The summed E-state index contributed by atoms with van der Waals surface area (Å²) < 4.78 is 10.7. The molecule has 2 aromatic carbocycles. The summed E-state index contributed by atoms with van der Waals surface area (Å²) in [6, 6.07) is 14.7. The topological polar surface area (TPSA) is 52.3 Å². The first-order valence-electron chi connectivity index (χ1n) is 6.41. The number of nitrogens with zero attached hydrogens (tertiary/aromatic N) is 1. The van der Waals surface area contributed by atoms with Gasteiger partial charge in [-0.3, -0.25) is 0 Å². The van der Waals surface area contributed by atoms with Crippen molar-refractivity contribution in [2.45, 2.75) is 6.92 Å². The minimum absolute atomic E-state index is 0.348. The van der Waals surface area contributed by atoms with Gasteiger partial charge in [-0.1, -0.05) is 18.2 Å². The lowest BCUT2D eigenvalue weighted by Gasteiger charge is -2.00. The van der Waals surface area contributed by atoms with Crippen molar-refractivity contribution in [2.24, 2.45) is 0 Å². The molecule has 0 aliphatic heterocycles. The maximum Gasteiger partial charge on any atom is 0.338 e. The summed E-state index contributed by atoms with van der Waals surface area (Å²) in [7, 11) is 0. The molecule has 100 valence electrons. The van der Waals surface area contributed by atoms with E-state index in [1.54, 1.807) is 25.1 Å². The molecular formula is C16H13NO3. The van der Waals surface area contributed by atoms with Crippen molar-refractivity contribution in [1.29, 1.82) is 0 Å². The van der Waals surface area contributed by atoms with Gasteiger partial charge in [0.05, 0.1) is 12.2 Å². The Hall–Kier alpha value is -2.62. The summed E-state index contributed by atoms with van der Waals surface area (Å²) in [5.74, 6) is 0.195. The van der Waals surface area contributed by atoms with E-state index < -0.39 is 0 Å². The average molecular weight is 267 g/mol.